The molecule has 1 aromatic carbocycles. The fourth-order valence-electron chi connectivity index (χ4n) is 1.58. The van der Waals surface area contributed by atoms with E-state index < -0.39 is 0 Å². The van der Waals surface area contributed by atoms with Crippen molar-refractivity contribution in [2.75, 3.05) is 14.2 Å². The van der Waals surface area contributed by atoms with E-state index >= 15 is 0 Å². The molecule has 0 unspecified atom stereocenters. The predicted molar refractivity (Wildman–Crippen MR) is 49.7 cm³/mol. The molecule has 0 N–H and O–H groups in total. The molecule has 1 heterocycles. The molecule has 0 fully saturated rings. The molecule has 1 aliphatic heterocycles. The van der Waals surface area contributed by atoms with Crippen molar-refractivity contribution in [3.05, 3.63) is 23.3 Å². The number of hydrogen-bond acceptors (Lipinski definition) is 3. The van der Waals surface area contributed by atoms with Crippen LogP contribution in [0.2, 0.25) is 0 Å². The molecule has 1 aliphatic rings. The van der Waals surface area contributed by atoms with Gasteiger partial charge in [-0.1, -0.05) is 0 Å². The quantitative estimate of drug-likeness (QED) is 0.701. The summed E-state index contributed by atoms with van der Waals surface area (Å²) >= 11 is 0. The Morgan fingerprint density at radius 1 is 1.29 bits per heavy atom. The minimum atomic E-state index is -0.180. The van der Waals surface area contributed by atoms with Gasteiger partial charge >= 0.3 is 0 Å². The number of methoxy groups -OCH3 is 2. The highest BCUT2D eigenvalue weighted by atomic mass is 16.5. The highest BCUT2D eigenvalue weighted by molar-refractivity contribution is 5.99. The van der Waals surface area contributed by atoms with Crippen LogP contribution in [0.3, 0.4) is 0 Å². The molecule has 2 rings (SSSR count). The minimum Gasteiger partial charge on any atom is -0.493 e. The van der Waals surface area contributed by atoms with Gasteiger partial charge in [-0.15, -0.1) is 0 Å². The topological polar surface area (TPSA) is 49.6 Å². The minimum absolute atomic E-state index is 0.180. The second-order valence-electron chi connectivity index (χ2n) is 2.95. The van der Waals surface area contributed by atoms with Crippen molar-refractivity contribution in [2.24, 2.45) is 0 Å². The number of ether oxygens (including phenoxy) is 2. The van der Waals surface area contributed by atoms with Crippen LogP contribution in [-0.2, 0) is 6.54 Å². The van der Waals surface area contributed by atoms with Gasteiger partial charge in [-0.05, 0) is 12.1 Å². The average molecular weight is 192 g/mol. The molecule has 0 bridgehead atoms. The summed E-state index contributed by atoms with van der Waals surface area (Å²) in [4.78, 5) is 11.3. The van der Waals surface area contributed by atoms with Crippen LogP contribution in [0, 0.1) is 0 Å². The summed E-state index contributed by atoms with van der Waals surface area (Å²) in [5.41, 5.74) is 1.43. The number of fused-ring (bicyclic) bond motifs is 1. The van der Waals surface area contributed by atoms with E-state index in [4.69, 9.17) is 9.47 Å². The van der Waals surface area contributed by atoms with Crippen LogP contribution in [-0.4, -0.2) is 20.1 Å². The summed E-state index contributed by atoms with van der Waals surface area (Å²) in [6.45, 7) is 0.383. The molecule has 1 aromatic rings. The smallest absolute Gasteiger partial charge is 0.273 e. The Labute approximate surface area is 81.8 Å². The highest BCUT2D eigenvalue weighted by Gasteiger charge is 2.26. The van der Waals surface area contributed by atoms with E-state index in [0.29, 0.717) is 23.6 Å². The maximum atomic E-state index is 11.3. The molecule has 0 saturated carbocycles. The van der Waals surface area contributed by atoms with Gasteiger partial charge in [0.05, 0.1) is 26.3 Å². The second-order valence-corrected chi connectivity index (χ2v) is 2.95. The molecule has 0 saturated heterocycles. The van der Waals surface area contributed by atoms with Gasteiger partial charge in [0.25, 0.3) is 5.91 Å². The molecule has 73 valence electrons. The van der Waals surface area contributed by atoms with E-state index in [-0.39, 0.29) is 5.91 Å². The van der Waals surface area contributed by atoms with E-state index in [1.54, 1.807) is 26.4 Å². The largest absolute Gasteiger partial charge is 0.493 e. The molecular formula is C10H10NO3. The number of benzene rings is 1. The summed E-state index contributed by atoms with van der Waals surface area (Å²) in [6.07, 6.45) is 0. The van der Waals surface area contributed by atoms with Crippen LogP contribution >= 0.6 is 0 Å². The van der Waals surface area contributed by atoms with Crippen LogP contribution in [0.25, 0.3) is 0 Å². The molecule has 0 aromatic heterocycles. The van der Waals surface area contributed by atoms with E-state index in [1.165, 1.54) is 0 Å². The zero-order valence-corrected chi connectivity index (χ0v) is 8.03. The normalized spacial score (nSPS) is 13.4. The lowest BCUT2D eigenvalue weighted by atomic mass is 10.1. The third-order valence-corrected chi connectivity index (χ3v) is 2.26. The van der Waals surface area contributed by atoms with Crippen molar-refractivity contribution in [1.82, 2.24) is 5.32 Å². The van der Waals surface area contributed by atoms with E-state index in [9.17, 15) is 4.79 Å². The van der Waals surface area contributed by atoms with Gasteiger partial charge in [0, 0.05) is 5.56 Å². The molecule has 14 heavy (non-hydrogen) atoms. The Morgan fingerprint density at radius 2 is 2.07 bits per heavy atom. The van der Waals surface area contributed by atoms with Gasteiger partial charge in [0.15, 0.2) is 11.5 Å². The van der Waals surface area contributed by atoms with Crippen LogP contribution in [0.4, 0.5) is 0 Å². The van der Waals surface area contributed by atoms with Crippen molar-refractivity contribution < 1.29 is 14.3 Å². The number of rotatable bonds is 2. The van der Waals surface area contributed by atoms with E-state index in [2.05, 4.69) is 5.32 Å². The third kappa shape index (κ3) is 1.11. The monoisotopic (exact) mass is 192 g/mol. The highest BCUT2D eigenvalue weighted by Crippen LogP contribution is 2.35. The number of nitrogens with zero attached hydrogens (tertiary/aromatic N) is 1. The van der Waals surface area contributed by atoms with Gasteiger partial charge in [-0.3, -0.25) is 4.79 Å². The Balaban J connectivity index is 2.59. The van der Waals surface area contributed by atoms with Crippen molar-refractivity contribution in [3.63, 3.8) is 0 Å². The predicted octanol–water partition coefficient (Wildman–Crippen LogP) is 0.962. The Kier molecular flexibility index (Phi) is 2.04. The summed E-state index contributed by atoms with van der Waals surface area (Å²) in [5.74, 6) is 1.07. The van der Waals surface area contributed by atoms with Crippen LogP contribution in [0.15, 0.2) is 12.1 Å². The Bertz CT molecular complexity index is 387. The second kappa shape index (κ2) is 3.21. The maximum absolute atomic E-state index is 11.3. The first-order chi connectivity index (χ1) is 6.77. The van der Waals surface area contributed by atoms with Crippen LogP contribution in [0.5, 0.6) is 11.5 Å². The SMILES string of the molecule is COc1ccc2c(c1OC)C[N]C2=O. The zero-order chi connectivity index (χ0) is 10.1. The lowest BCUT2D eigenvalue weighted by Crippen LogP contribution is -2.03. The van der Waals surface area contributed by atoms with Gasteiger partial charge in [-0.2, -0.15) is 0 Å². The van der Waals surface area contributed by atoms with Crippen molar-refractivity contribution in [3.8, 4) is 11.5 Å². The molecule has 1 amide bonds. The van der Waals surface area contributed by atoms with E-state index in [0.717, 1.165) is 5.56 Å². The molecule has 4 heteroatoms. The fourth-order valence-corrected chi connectivity index (χ4v) is 1.58. The summed E-state index contributed by atoms with van der Waals surface area (Å²) in [5, 5.41) is 3.81. The van der Waals surface area contributed by atoms with Gasteiger partial charge in [0.2, 0.25) is 0 Å². The number of carbonyl (C=O) groups excluding carboxylic acids is 1. The summed E-state index contributed by atoms with van der Waals surface area (Å²) in [6, 6.07) is 3.44. The van der Waals surface area contributed by atoms with Gasteiger partial charge in [-0.25, -0.2) is 5.32 Å². The third-order valence-electron chi connectivity index (χ3n) is 2.26. The lowest BCUT2D eigenvalue weighted by Gasteiger charge is -2.10. The maximum Gasteiger partial charge on any atom is 0.273 e. The van der Waals surface area contributed by atoms with Gasteiger partial charge in [0.1, 0.15) is 0 Å². The van der Waals surface area contributed by atoms with Crippen molar-refractivity contribution in [2.45, 2.75) is 6.54 Å². The molecule has 0 atom stereocenters. The Hall–Kier alpha value is -1.71. The van der Waals surface area contributed by atoms with Crippen molar-refractivity contribution in [1.29, 1.82) is 0 Å². The standard InChI is InChI=1S/C10H10NO3/c1-13-8-4-3-6-7(9(8)14-2)5-11-10(6)12/h3-4H,5H2,1-2H3. The first-order valence-electron chi connectivity index (χ1n) is 4.23. The number of amides is 1. The average Bonchev–Trinajstić information content (AvgIpc) is 2.59. The number of hydrogen-bond donors (Lipinski definition) is 0. The van der Waals surface area contributed by atoms with Crippen LogP contribution < -0.4 is 14.8 Å². The fraction of sp³-hybridized carbons (Fsp3) is 0.300. The van der Waals surface area contributed by atoms with Crippen molar-refractivity contribution >= 4 is 5.91 Å². The van der Waals surface area contributed by atoms with Crippen LogP contribution in [0.1, 0.15) is 15.9 Å². The molecule has 0 spiro atoms. The first kappa shape index (κ1) is 8.87. The number of carbonyl (C=O) groups is 1. The van der Waals surface area contributed by atoms with E-state index in [1.807, 2.05) is 0 Å². The first-order valence-corrected chi connectivity index (χ1v) is 4.23. The summed E-state index contributed by atoms with van der Waals surface area (Å²) in [7, 11) is 3.12. The Morgan fingerprint density at radius 3 is 2.71 bits per heavy atom. The lowest BCUT2D eigenvalue weighted by molar-refractivity contribution is 0.0961. The molecular weight excluding hydrogens is 182 g/mol. The molecule has 0 aliphatic carbocycles. The molecule has 4 nitrogen and oxygen atoms in total. The summed E-state index contributed by atoms with van der Waals surface area (Å²) < 4.78 is 10.3. The molecule has 1 radical (unpaired) electrons. The zero-order valence-electron chi connectivity index (χ0n) is 8.03. The van der Waals surface area contributed by atoms with Gasteiger partial charge < -0.3 is 9.47 Å².